The van der Waals surface area contributed by atoms with Crippen molar-refractivity contribution in [3.05, 3.63) is 32.7 Å². The summed E-state index contributed by atoms with van der Waals surface area (Å²) in [4.78, 5) is 25.0. The highest BCUT2D eigenvalue weighted by molar-refractivity contribution is 9.11. The fraction of sp³-hybridized carbons (Fsp3) is 0.333. The van der Waals surface area contributed by atoms with Crippen molar-refractivity contribution >= 4 is 43.7 Å². The number of carbonyl (C=O) groups is 2. The molecule has 6 heteroatoms. The SMILES string of the molecule is NC(=O)C1CCN(C(=O)c2cc(Br)cc(Br)c2)C1. The Morgan fingerprint density at radius 3 is 2.33 bits per heavy atom. The molecule has 0 aliphatic carbocycles. The molecule has 0 radical (unpaired) electrons. The van der Waals surface area contributed by atoms with Gasteiger partial charge in [0.05, 0.1) is 5.92 Å². The maximum Gasteiger partial charge on any atom is 0.253 e. The first-order chi connectivity index (χ1) is 8.47. The Balaban J connectivity index is 2.15. The van der Waals surface area contributed by atoms with Crippen LogP contribution in [0.1, 0.15) is 16.8 Å². The Morgan fingerprint density at radius 2 is 1.83 bits per heavy atom. The minimum Gasteiger partial charge on any atom is -0.369 e. The quantitative estimate of drug-likeness (QED) is 0.860. The molecule has 1 fully saturated rings. The molecule has 1 atom stereocenters. The van der Waals surface area contributed by atoms with Gasteiger partial charge in [-0.3, -0.25) is 9.59 Å². The van der Waals surface area contributed by atoms with Gasteiger partial charge in [-0.15, -0.1) is 0 Å². The second-order valence-corrected chi connectivity index (χ2v) is 6.13. The first-order valence-corrected chi connectivity index (χ1v) is 7.10. The van der Waals surface area contributed by atoms with Crippen LogP contribution in [0.2, 0.25) is 0 Å². The van der Waals surface area contributed by atoms with Gasteiger partial charge in [0.25, 0.3) is 5.91 Å². The molecule has 4 nitrogen and oxygen atoms in total. The summed E-state index contributed by atoms with van der Waals surface area (Å²) in [7, 11) is 0. The largest absolute Gasteiger partial charge is 0.369 e. The molecule has 1 aromatic carbocycles. The van der Waals surface area contributed by atoms with Crippen molar-refractivity contribution in [3.8, 4) is 0 Å². The Kier molecular flexibility index (Phi) is 4.07. The molecule has 1 unspecified atom stereocenters. The first-order valence-electron chi connectivity index (χ1n) is 5.52. The van der Waals surface area contributed by atoms with Crippen LogP contribution in [0.5, 0.6) is 0 Å². The van der Waals surface area contributed by atoms with Gasteiger partial charge in [0, 0.05) is 27.6 Å². The zero-order valence-electron chi connectivity index (χ0n) is 9.53. The lowest BCUT2D eigenvalue weighted by Crippen LogP contribution is -2.31. The Morgan fingerprint density at radius 1 is 1.22 bits per heavy atom. The summed E-state index contributed by atoms with van der Waals surface area (Å²) in [5.41, 5.74) is 5.85. The summed E-state index contributed by atoms with van der Waals surface area (Å²) in [6, 6.07) is 5.41. The second-order valence-electron chi connectivity index (χ2n) is 4.30. The number of rotatable bonds is 2. The van der Waals surface area contributed by atoms with E-state index >= 15 is 0 Å². The average Bonchev–Trinajstić information content (AvgIpc) is 2.75. The number of hydrogen-bond donors (Lipinski definition) is 1. The standard InChI is InChI=1S/C12H12Br2N2O2/c13-9-3-8(4-10(14)5-9)12(18)16-2-1-7(6-16)11(15)17/h3-5,7H,1-2,6H2,(H2,15,17). The molecule has 1 aromatic rings. The van der Waals surface area contributed by atoms with E-state index in [0.29, 0.717) is 25.1 Å². The van der Waals surface area contributed by atoms with Gasteiger partial charge in [0.2, 0.25) is 5.91 Å². The third-order valence-electron chi connectivity index (χ3n) is 2.99. The van der Waals surface area contributed by atoms with Crippen molar-refractivity contribution in [2.45, 2.75) is 6.42 Å². The number of nitrogens with two attached hydrogens (primary N) is 1. The number of hydrogen-bond acceptors (Lipinski definition) is 2. The molecule has 0 aromatic heterocycles. The van der Waals surface area contributed by atoms with Gasteiger partial charge in [-0.05, 0) is 24.6 Å². The van der Waals surface area contributed by atoms with E-state index in [1.54, 1.807) is 17.0 Å². The van der Waals surface area contributed by atoms with Gasteiger partial charge in [-0.1, -0.05) is 31.9 Å². The lowest BCUT2D eigenvalue weighted by atomic mass is 10.1. The molecule has 96 valence electrons. The third kappa shape index (κ3) is 2.92. The summed E-state index contributed by atoms with van der Waals surface area (Å²) in [6.07, 6.45) is 0.649. The molecule has 1 saturated heterocycles. The molecular formula is C12H12Br2N2O2. The fourth-order valence-corrected chi connectivity index (χ4v) is 3.33. The van der Waals surface area contributed by atoms with Gasteiger partial charge in [-0.2, -0.15) is 0 Å². The summed E-state index contributed by atoms with van der Waals surface area (Å²) >= 11 is 6.70. The minimum atomic E-state index is -0.333. The number of likely N-dealkylation sites (tertiary alicyclic amines) is 1. The third-order valence-corrected chi connectivity index (χ3v) is 3.90. The first kappa shape index (κ1) is 13.5. The van der Waals surface area contributed by atoms with E-state index in [1.165, 1.54) is 0 Å². The number of nitrogens with zero attached hydrogens (tertiary/aromatic N) is 1. The number of primary amides is 1. The van der Waals surface area contributed by atoms with Crippen LogP contribution in [0.4, 0.5) is 0 Å². The van der Waals surface area contributed by atoms with Crippen molar-refractivity contribution in [2.75, 3.05) is 13.1 Å². The number of benzene rings is 1. The van der Waals surface area contributed by atoms with E-state index < -0.39 is 0 Å². The Hall–Kier alpha value is -0.880. The molecule has 0 saturated carbocycles. The highest BCUT2D eigenvalue weighted by Gasteiger charge is 2.30. The molecule has 1 aliphatic heterocycles. The van der Waals surface area contributed by atoms with Crippen LogP contribution in [0.25, 0.3) is 0 Å². The lowest BCUT2D eigenvalue weighted by molar-refractivity contribution is -0.121. The van der Waals surface area contributed by atoms with Crippen molar-refractivity contribution in [3.63, 3.8) is 0 Å². The van der Waals surface area contributed by atoms with Crippen LogP contribution in [-0.4, -0.2) is 29.8 Å². The minimum absolute atomic E-state index is 0.0687. The highest BCUT2D eigenvalue weighted by Crippen LogP contribution is 2.23. The summed E-state index contributed by atoms with van der Waals surface area (Å²) in [6.45, 7) is 0.995. The number of amides is 2. The average molecular weight is 376 g/mol. The zero-order valence-corrected chi connectivity index (χ0v) is 12.7. The number of halogens is 2. The van der Waals surface area contributed by atoms with Gasteiger partial charge in [0.1, 0.15) is 0 Å². The van der Waals surface area contributed by atoms with E-state index in [1.807, 2.05) is 6.07 Å². The van der Waals surface area contributed by atoms with Crippen LogP contribution in [-0.2, 0) is 4.79 Å². The van der Waals surface area contributed by atoms with Crippen molar-refractivity contribution < 1.29 is 9.59 Å². The van der Waals surface area contributed by atoms with Gasteiger partial charge in [-0.25, -0.2) is 0 Å². The van der Waals surface area contributed by atoms with E-state index in [4.69, 9.17) is 5.73 Å². The summed E-state index contributed by atoms with van der Waals surface area (Å²) in [5, 5.41) is 0. The van der Waals surface area contributed by atoms with E-state index in [9.17, 15) is 9.59 Å². The topological polar surface area (TPSA) is 63.4 Å². The molecule has 18 heavy (non-hydrogen) atoms. The van der Waals surface area contributed by atoms with Crippen LogP contribution in [0.15, 0.2) is 27.1 Å². The molecular weight excluding hydrogens is 364 g/mol. The van der Waals surface area contributed by atoms with Gasteiger partial charge in [0.15, 0.2) is 0 Å². The summed E-state index contributed by atoms with van der Waals surface area (Å²) in [5.74, 6) is -0.619. The Labute approximate surface area is 122 Å². The number of carbonyl (C=O) groups excluding carboxylic acids is 2. The monoisotopic (exact) mass is 374 g/mol. The molecule has 1 aliphatic rings. The van der Waals surface area contributed by atoms with E-state index in [0.717, 1.165) is 8.95 Å². The van der Waals surface area contributed by atoms with Crippen molar-refractivity contribution in [2.24, 2.45) is 11.7 Å². The smallest absolute Gasteiger partial charge is 0.253 e. The Bertz CT molecular complexity index is 485. The summed E-state index contributed by atoms with van der Waals surface area (Å²) < 4.78 is 1.68. The molecule has 2 rings (SSSR count). The molecule has 2 amide bonds. The fourth-order valence-electron chi connectivity index (χ4n) is 2.04. The van der Waals surface area contributed by atoms with Crippen molar-refractivity contribution in [1.29, 1.82) is 0 Å². The van der Waals surface area contributed by atoms with Crippen LogP contribution in [0, 0.1) is 5.92 Å². The van der Waals surface area contributed by atoms with E-state index in [2.05, 4.69) is 31.9 Å². The van der Waals surface area contributed by atoms with Gasteiger partial charge >= 0.3 is 0 Å². The molecule has 0 spiro atoms. The zero-order chi connectivity index (χ0) is 13.3. The van der Waals surface area contributed by atoms with Crippen LogP contribution >= 0.6 is 31.9 Å². The normalized spacial score (nSPS) is 19.0. The second kappa shape index (κ2) is 5.40. The lowest BCUT2D eigenvalue weighted by Gasteiger charge is -2.16. The maximum absolute atomic E-state index is 12.3. The molecule has 0 bridgehead atoms. The van der Waals surface area contributed by atoms with Crippen LogP contribution < -0.4 is 5.73 Å². The van der Waals surface area contributed by atoms with E-state index in [-0.39, 0.29) is 17.7 Å². The van der Waals surface area contributed by atoms with Gasteiger partial charge < -0.3 is 10.6 Å². The highest BCUT2D eigenvalue weighted by atomic mass is 79.9. The maximum atomic E-state index is 12.3. The molecule has 2 N–H and O–H groups in total. The predicted octanol–water partition coefficient (Wildman–Crippen LogP) is 2.16. The molecule has 1 heterocycles. The van der Waals surface area contributed by atoms with Crippen molar-refractivity contribution in [1.82, 2.24) is 4.90 Å². The predicted molar refractivity (Wildman–Crippen MR) is 75.0 cm³/mol. The van der Waals surface area contributed by atoms with Crippen LogP contribution in [0.3, 0.4) is 0 Å².